The highest BCUT2D eigenvalue weighted by atomic mass is 15.6. The molecule has 0 bridgehead atoms. The van der Waals surface area contributed by atoms with Gasteiger partial charge in [0.05, 0.1) is 6.04 Å². The van der Waals surface area contributed by atoms with Crippen LogP contribution in [0.1, 0.15) is 24.9 Å². The van der Waals surface area contributed by atoms with Crippen molar-refractivity contribution in [2.45, 2.75) is 19.4 Å². The van der Waals surface area contributed by atoms with Crippen LogP contribution in [-0.2, 0) is 0 Å². The zero-order valence-corrected chi connectivity index (χ0v) is 13.5. The van der Waals surface area contributed by atoms with Crippen molar-refractivity contribution in [3.63, 3.8) is 0 Å². The van der Waals surface area contributed by atoms with E-state index in [-0.39, 0.29) is 6.04 Å². The van der Waals surface area contributed by atoms with Gasteiger partial charge < -0.3 is 10.6 Å². The Balaban J connectivity index is 2.34. The standard InChI is InChI=1S/C17H25N5/c1-13(18)20-22(19)17(10-11-21(2)3)16-9-8-14-6-4-5-7-15(14)12-16/h4-9,12,17H,10-11,19H2,1-3H3,(H2,18,20). The maximum atomic E-state index is 6.13. The molecule has 0 saturated carbocycles. The lowest BCUT2D eigenvalue weighted by Gasteiger charge is -2.27. The third-order valence-corrected chi connectivity index (χ3v) is 3.60. The first-order valence-corrected chi connectivity index (χ1v) is 7.45. The molecule has 118 valence electrons. The van der Waals surface area contributed by atoms with Crippen molar-refractivity contribution in [2.75, 3.05) is 20.6 Å². The van der Waals surface area contributed by atoms with Gasteiger partial charge in [-0.15, -0.1) is 5.10 Å². The predicted molar refractivity (Wildman–Crippen MR) is 93.2 cm³/mol. The monoisotopic (exact) mass is 299 g/mol. The van der Waals surface area contributed by atoms with Gasteiger partial charge in [-0.1, -0.05) is 36.4 Å². The molecular weight excluding hydrogens is 274 g/mol. The van der Waals surface area contributed by atoms with E-state index in [0.717, 1.165) is 18.5 Å². The maximum absolute atomic E-state index is 6.13. The highest BCUT2D eigenvalue weighted by Crippen LogP contribution is 2.26. The Kier molecular flexibility index (Phi) is 5.35. The number of amidine groups is 1. The third kappa shape index (κ3) is 4.19. The van der Waals surface area contributed by atoms with Crippen molar-refractivity contribution < 1.29 is 0 Å². The summed E-state index contributed by atoms with van der Waals surface area (Å²) in [6.07, 6.45) is 0.874. The topological polar surface area (TPSA) is 70.9 Å². The predicted octanol–water partition coefficient (Wildman–Crippen LogP) is 2.30. The van der Waals surface area contributed by atoms with Crippen LogP contribution >= 0.6 is 0 Å². The maximum Gasteiger partial charge on any atom is 0.118 e. The fourth-order valence-electron chi connectivity index (χ4n) is 2.50. The second-order valence-electron chi connectivity index (χ2n) is 5.84. The summed E-state index contributed by atoms with van der Waals surface area (Å²) in [6, 6.07) is 14.7. The highest BCUT2D eigenvalue weighted by molar-refractivity contribution is 5.83. The summed E-state index contributed by atoms with van der Waals surface area (Å²) < 4.78 is 0. The average molecular weight is 299 g/mol. The molecular formula is C17H25N5. The summed E-state index contributed by atoms with van der Waals surface area (Å²) in [7, 11) is 4.10. The van der Waals surface area contributed by atoms with Gasteiger partial charge in [0.1, 0.15) is 5.84 Å². The molecule has 0 aliphatic rings. The van der Waals surface area contributed by atoms with Crippen molar-refractivity contribution in [1.82, 2.24) is 10.0 Å². The molecule has 0 aromatic heterocycles. The number of hydrogen-bond acceptors (Lipinski definition) is 4. The Morgan fingerprint density at radius 1 is 1.14 bits per heavy atom. The normalized spacial score (nSPS) is 13.6. The van der Waals surface area contributed by atoms with E-state index in [0.29, 0.717) is 5.84 Å². The first-order valence-electron chi connectivity index (χ1n) is 7.45. The molecule has 0 saturated heterocycles. The number of rotatable bonds is 6. The van der Waals surface area contributed by atoms with Crippen LogP contribution < -0.4 is 11.6 Å². The van der Waals surface area contributed by atoms with E-state index in [1.54, 1.807) is 6.92 Å². The van der Waals surface area contributed by atoms with Crippen molar-refractivity contribution in [3.05, 3.63) is 48.0 Å². The van der Waals surface area contributed by atoms with E-state index in [2.05, 4.69) is 54.4 Å². The Morgan fingerprint density at radius 3 is 2.45 bits per heavy atom. The molecule has 0 spiro atoms. The minimum Gasteiger partial charge on any atom is -0.386 e. The van der Waals surface area contributed by atoms with Gasteiger partial charge in [0, 0.05) is 0 Å². The smallest absolute Gasteiger partial charge is 0.118 e. The molecule has 2 aromatic rings. The van der Waals surface area contributed by atoms with Crippen LogP contribution in [0, 0.1) is 0 Å². The molecule has 0 radical (unpaired) electrons. The summed E-state index contributed by atoms with van der Waals surface area (Å²) in [5, 5.41) is 8.10. The van der Waals surface area contributed by atoms with Crippen LogP contribution in [0.5, 0.6) is 0 Å². The van der Waals surface area contributed by atoms with E-state index < -0.39 is 0 Å². The van der Waals surface area contributed by atoms with E-state index >= 15 is 0 Å². The molecule has 0 heterocycles. The van der Waals surface area contributed by atoms with E-state index in [1.165, 1.54) is 15.9 Å². The fraction of sp³-hybridized carbons (Fsp3) is 0.353. The van der Waals surface area contributed by atoms with Crippen LogP contribution in [0.15, 0.2) is 47.6 Å². The average Bonchev–Trinajstić information content (AvgIpc) is 2.46. The van der Waals surface area contributed by atoms with Crippen LogP contribution in [0.25, 0.3) is 10.8 Å². The number of benzene rings is 2. The number of hydrogen-bond donors (Lipinski definition) is 2. The summed E-state index contributed by atoms with van der Waals surface area (Å²) >= 11 is 0. The molecule has 0 amide bonds. The molecule has 22 heavy (non-hydrogen) atoms. The summed E-state index contributed by atoms with van der Waals surface area (Å²) in [6.45, 7) is 2.66. The van der Waals surface area contributed by atoms with Gasteiger partial charge in [-0.25, -0.2) is 11.0 Å². The lowest BCUT2D eigenvalue weighted by Crippen LogP contribution is -2.34. The van der Waals surface area contributed by atoms with Gasteiger partial charge in [-0.2, -0.15) is 0 Å². The van der Waals surface area contributed by atoms with Crippen molar-refractivity contribution in [2.24, 2.45) is 16.7 Å². The third-order valence-electron chi connectivity index (χ3n) is 3.60. The Hall–Kier alpha value is -2.11. The lowest BCUT2D eigenvalue weighted by molar-refractivity contribution is 0.186. The van der Waals surface area contributed by atoms with E-state index in [9.17, 15) is 0 Å². The number of nitrogens with two attached hydrogens (primary N) is 2. The zero-order chi connectivity index (χ0) is 16.1. The molecule has 0 fully saturated rings. The number of hydrazone groups is 1. The fourth-order valence-corrected chi connectivity index (χ4v) is 2.50. The molecule has 2 rings (SSSR count). The van der Waals surface area contributed by atoms with Crippen LogP contribution in [0.3, 0.4) is 0 Å². The molecule has 5 nitrogen and oxygen atoms in total. The van der Waals surface area contributed by atoms with Gasteiger partial charge >= 0.3 is 0 Å². The largest absolute Gasteiger partial charge is 0.386 e. The summed E-state index contributed by atoms with van der Waals surface area (Å²) in [5.74, 6) is 6.59. The second-order valence-corrected chi connectivity index (χ2v) is 5.84. The van der Waals surface area contributed by atoms with Crippen molar-refractivity contribution in [1.29, 1.82) is 0 Å². The Labute approximate surface area is 132 Å². The number of hydrazine groups is 1. The zero-order valence-electron chi connectivity index (χ0n) is 13.5. The van der Waals surface area contributed by atoms with Gasteiger partial charge in [0.15, 0.2) is 0 Å². The van der Waals surface area contributed by atoms with Crippen molar-refractivity contribution >= 4 is 16.6 Å². The quantitative estimate of drug-likeness (QED) is 0.371. The van der Waals surface area contributed by atoms with Gasteiger partial charge in [0.25, 0.3) is 0 Å². The Morgan fingerprint density at radius 2 is 1.82 bits per heavy atom. The molecule has 0 aliphatic heterocycles. The van der Waals surface area contributed by atoms with Crippen molar-refractivity contribution in [3.8, 4) is 0 Å². The van der Waals surface area contributed by atoms with Crippen LogP contribution in [0.4, 0.5) is 0 Å². The number of nitrogens with zero attached hydrogens (tertiary/aromatic N) is 3. The van der Waals surface area contributed by atoms with Crippen LogP contribution in [-0.4, -0.2) is 36.5 Å². The van der Waals surface area contributed by atoms with Gasteiger partial charge in [-0.05, 0) is 56.4 Å². The number of fused-ring (bicyclic) bond motifs is 1. The summed E-state index contributed by atoms with van der Waals surface area (Å²) in [5.41, 5.74) is 6.82. The van der Waals surface area contributed by atoms with E-state index in [1.807, 2.05) is 12.1 Å². The minimum absolute atomic E-state index is 0.00879. The second kappa shape index (κ2) is 7.24. The van der Waals surface area contributed by atoms with Gasteiger partial charge in [-0.3, -0.25) is 0 Å². The minimum atomic E-state index is -0.00879. The first-order chi connectivity index (χ1) is 10.5. The van der Waals surface area contributed by atoms with Gasteiger partial charge in [0.2, 0.25) is 0 Å². The molecule has 0 aliphatic carbocycles. The Bertz CT molecular complexity index is 646. The molecule has 1 atom stereocenters. The lowest BCUT2D eigenvalue weighted by atomic mass is 10.00. The van der Waals surface area contributed by atoms with Crippen LogP contribution in [0.2, 0.25) is 0 Å². The molecule has 4 N–H and O–H groups in total. The van der Waals surface area contributed by atoms with E-state index in [4.69, 9.17) is 11.6 Å². The SMILES string of the molecule is C/C(N)=N/N(N)C(CCN(C)C)c1ccc2ccccc2c1. The first kappa shape index (κ1) is 16.3. The summed E-state index contributed by atoms with van der Waals surface area (Å²) in [4.78, 5) is 2.14. The highest BCUT2D eigenvalue weighted by Gasteiger charge is 2.17. The molecule has 2 aromatic carbocycles. The molecule has 1 unspecified atom stereocenters. The molecule has 5 heteroatoms.